The average molecular weight is 350 g/mol. The van der Waals surface area contributed by atoms with E-state index in [1.54, 1.807) is 6.20 Å². The summed E-state index contributed by atoms with van der Waals surface area (Å²) in [6.45, 7) is 7.94. The van der Waals surface area contributed by atoms with Gasteiger partial charge in [0.15, 0.2) is 0 Å². The minimum absolute atomic E-state index is 0.0853. The number of carbonyl (C=O) groups is 1. The Labute approximate surface area is 146 Å². The van der Waals surface area contributed by atoms with E-state index in [-0.39, 0.29) is 6.42 Å². The van der Waals surface area contributed by atoms with Crippen molar-refractivity contribution in [3.05, 3.63) is 28.9 Å². The number of carboxylic acid groups (broad SMARTS) is 1. The van der Waals surface area contributed by atoms with E-state index in [1.807, 2.05) is 51.4 Å². The lowest BCUT2D eigenvalue weighted by atomic mass is 9.77. The van der Waals surface area contributed by atoms with E-state index in [9.17, 15) is 9.90 Å². The highest BCUT2D eigenvalue weighted by atomic mass is 35.5. The SMILES string of the molecule is Cn1cc(Cl)c2cc(B3OC(C)(C)C(C)(C)O3)cc(CC(=O)O)c21. The van der Waals surface area contributed by atoms with Crippen molar-refractivity contribution in [2.24, 2.45) is 7.05 Å². The van der Waals surface area contributed by atoms with Gasteiger partial charge < -0.3 is 19.0 Å². The molecule has 24 heavy (non-hydrogen) atoms. The summed E-state index contributed by atoms with van der Waals surface area (Å²) in [5.41, 5.74) is 1.38. The number of nitrogens with zero attached hydrogens (tertiary/aromatic N) is 1. The largest absolute Gasteiger partial charge is 0.494 e. The Hall–Kier alpha value is -1.50. The summed E-state index contributed by atoms with van der Waals surface area (Å²) in [6.07, 6.45) is 1.70. The molecule has 0 atom stereocenters. The second kappa shape index (κ2) is 5.51. The van der Waals surface area contributed by atoms with Crippen molar-refractivity contribution in [3.63, 3.8) is 0 Å². The Morgan fingerprint density at radius 1 is 1.25 bits per heavy atom. The van der Waals surface area contributed by atoms with Gasteiger partial charge in [-0.25, -0.2) is 0 Å². The van der Waals surface area contributed by atoms with Crippen LogP contribution in [0.3, 0.4) is 0 Å². The molecule has 0 amide bonds. The quantitative estimate of drug-likeness (QED) is 0.866. The van der Waals surface area contributed by atoms with Crippen LogP contribution in [0.5, 0.6) is 0 Å². The number of halogens is 1. The molecule has 1 N–H and O–H groups in total. The first kappa shape index (κ1) is 17.3. The molecule has 128 valence electrons. The molecule has 0 spiro atoms. The fourth-order valence-electron chi connectivity index (χ4n) is 3.03. The Bertz CT molecular complexity index is 812. The Kier molecular flexibility index (Phi) is 3.98. The van der Waals surface area contributed by atoms with Gasteiger partial charge in [0.25, 0.3) is 0 Å². The fraction of sp³-hybridized carbons (Fsp3) is 0.471. The van der Waals surface area contributed by atoms with E-state index < -0.39 is 24.3 Å². The number of fused-ring (bicyclic) bond motifs is 1. The minimum Gasteiger partial charge on any atom is -0.481 e. The number of aryl methyl sites for hydroxylation is 1. The number of hydrogen-bond acceptors (Lipinski definition) is 3. The first-order chi connectivity index (χ1) is 11.0. The van der Waals surface area contributed by atoms with E-state index in [2.05, 4.69) is 0 Å². The van der Waals surface area contributed by atoms with Crippen LogP contribution in [0, 0.1) is 0 Å². The maximum Gasteiger partial charge on any atom is 0.494 e. The van der Waals surface area contributed by atoms with Crippen LogP contribution in [0.2, 0.25) is 5.02 Å². The van der Waals surface area contributed by atoms with Gasteiger partial charge in [-0.15, -0.1) is 0 Å². The van der Waals surface area contributed by atoms with E-state index in [0.29, 0.717) is 10.6 Å². The fourth-order valence-corrected chi connectivity index (χ4v) is 3.33. The highest BCUT2D eigenvalue weighted by molar-refractivity contribution is 6.62. The van der Waals surface area contributed by atoms with Crippen LogP contribution in [0.25, 0.3) is 10.9 Å². The molecule has 5 nitrogen and oxygen atoms in total. The lowest BCUT2D eigenvalue weighted by molar-refractivity contribution is -0.136. The molecule has 7 heteroatoms. The molecule has 1 aromatic heterocycles. The first-order valence-corrected chi connectivity index (χ1v) is 8.24. The van der Waals surface area contributed by atoms with Crippen LogP contribution < -0.4 is 5.46 Å². The van der Waals surface area contributed by atoms with Crippen molar-refractivity contribution in [2.45, 2.75) is 45.3 Å². The molecule has 1 saturated heterocycles. The van der Waals surface area contributed by atoms with Gasteiger partial charge in [-0.3, -0.25) is 4.79 Å². The highest BCUT2D eigenvalue weighted by Gasteiger charge is 2.51. The molecule has 2 heterocycles. The second-order valence-corrected chi connectivity index (χ2v) is 7.73. The highest BCUT2D eigenvalue weighted by Crippen LogP contribution is 2.37. The van der Waals surface area contributed by atoms with Gasteiger partial charge in [0.2, 0.25) is 0 Å². The lowest BCUT2D eigenvalue weighted by Crippen LogP contribution is -2.41. The minimum atomic E-state index is -0.889. The van der Waals surface area contributed by atoms with Gasteiger partial charge in [-0.05, 0) is 38.7 Å². The van der Waals surface area contributed by atoms with Crippen LogP contribution >= 0.6 is 11.6 Å². The summed E-state index contributed by atoms with van der Waals surface area (Å²) in [5.74, 6) is -0.889. The van der Waals surface area contributed by atoms with Crippen LogP contribution in [0.1, 0.15) is 33.3 Å². The molecule has 3 rings (SSSR count). The molecule has 0 unspecified atom stereocenters. The van der Waals surface area contributed by atoms with Gasteiger partial charge in [0.05, 0.1) is 28.2 Å². The average Bonchev–Trinajstić information content (AvgIpc) is 2.83. The zero-order valence-electron chi connectivity index (χ0n) is 14.5. The van der Waals surface area contributed by atoms with Crippen molar-refractivity contribution < 1.29 is 19.2 Å². The summed E-state index contributed by atoms with van der Waals surface area (Å²) in [7, 11) is 1.30. The third-order valence-electron chi connectivity index (χ3n) is 5.00. The third-order valence-corrected chi connectivity index (χ3v) is 5.30. The normalized spacial score (nSPS) is 19.2. The molecular formula is C17H21BClNO4. The van der Waals surface area contributed by atoms with Crippen molar-refractivity contribution in [1.29, 1.82) is 0 Å². The van der Waals surface area contributed by atoms with Gasteiger partial charge in [0.1, 0.15) is 0 Å². The summed E-state index contributed by atoms with van der Waals surface area (Å²) in [6, 6.07) is 3.76. The summed E-state index contributed by atoms with van der Waals surface area (Å²) in [4.78, 5) is 11.3. The molecule has 0 bridgehead atoms. The van der Waals surface area contributed by atoms with Gasteiger partial charge in [-0.1, -0.05) is 23.7 Å². The molecule has 0 saturated carbocycles. The van der Waals surface area contributed by atoms with E-state index in [1.165, 1.54) is 0 Å². The standard InChI is InChI=1S/C17H21BClNO4/c1-16(2)17(3,4)24-18(23-16)11-6-10(7-14(21)22)15-12(8-11)13(19)9-20(15)5/h6,8-9H,7H2,1-5H3,(H,21,22). The smallest absolute Gasteiger partial charge is 0.481 e. The van der Waals surface area contributed by atoms with Crippen LogP contribution in [-0.4, -0.2) is 34.0 Å². The molecule has 1 aliphatic heterocycles. The first-order valence-electron chi connectivity index (χ1n) is 7.86. The van der Waals surface area contributed by atoms with E-state index in [0.717, 1.165) is 16.4 Å². The predicted octanol–water partition coefficient (Wildman–Crippen LogP) is 2.76. The Morgan fingerprint density at radius 2 is 1.83 bits per heavy atom. The predicted molar refractivity (Wildman–Crippen MR) is 95.0 cm³/mol. The Morgan fingerprint density at radius 3 is 2.38 bits per heavy atom. The zero-order valence-corrected chi connectivity index (χ0v) is 15.3. The molecular weight excluding hydrogens is 328 g/mol. The second-order valence-electron chi connectivity index (χ2n) is 7.32. The molecule has 1 fully saturated rings. The zero-order chi connectivity index (χ0) is 17.9. The van der Waals surface area contributed by atoms with Crippen LogP contribution in [0.15, 0.2) is 18.3 Å². The topological polar surface area (TPSA) is 60.7 Å². The number of benzene rings is 1. The molecule has 0 radical (unpaired) electrons. The Balaban J connectivity index is 2.13. The van der Waals surface area contributed by atoms with E-state index >= 15 is 0 Å². The number of aromatic nitrogens is 1. The summed E-state index contributed by atoms with van der Waals surface area (Å²) >= 11 is 6.33. The summed E-state index contributed by atoms with van der Waals surface area (Å²) in [5, 5.41) is 10.6. The lowest BCUT2D eigenvalue weighted by Gasteiger charge is -2.32. The third kappa shape index (κ3) is 2.72. The number of rotatable bonds is 3. The van der Waals surface area contributed by atoms with Crippen molar-refractivity contribution >= 4 is 41.1 Å². The van der Waals surface area contributed by atoms with Crippen LogP contribution in [0.4, 0.5) is 0 Å². The van der Waals surface area contributed by atoms with E-state index in [4.69, 9.17) is 20.9 Å². The number of hydrogen-bond donors (Lipinski definition) is 1. The summed E-state index contributed by atoms with van der Waals surface area (Å²) < 4.78 is 14.0. The van der Waals surface area contributed by atoms with Crippen molar-refractivity contribution in [1.82, 2.24) is 4.57 Å². The number of aliphatic carboxylic acids is 1. The molecule has 0 aliphatic carbocycles. The van der Waals surface area contributed by atoms with Crippen molar-refractivity contribution in [2.75, 3.05) is 0 Å². The monoisotopic (exact) mass is 349 g/mol. The maximum atomic E-state index is 11.3. The number of carboxylic acids is 1. The van der Waals surface area contributed by atoms with Gasteiger partial charge >= 0.3 is 13.1 Å². The maximum absolute atomic E-state index is 11.3. The molecule has 2 aromatic rings. The molecule has 1 aromatic carbocycles. The van der Waals surface area contributed by atoms with Crippen LogP contribution in [-0.2, 0) is 27.6 Å². The van der Waals surface area contributed by atoms with Crippen molar-refractivity contribution in [3.8, 4) is 0 Å². The van der Waals surface area contributed by atoms with Gasteiger partial charge in [-0.2, -0.15) is 0 Å². The molecule has 1 aliphatic rings. The van der Waals surface area contributed by atoms with Gasteiger partial charge in [0, 0.05) is 18.6 Å².